The third-order valence-electron chi connectivity index (χ3n) is 0. The van der Waals surface area contributed by atoms with Gasteiger partial charge in [0, 0.05) is 17.4 Å². The van der Waals surface area contributed by atoms with E-state index >= 15 is 0 Å². The van der Waals surface area contributed by atoms with Crippen LogP contribution in [-0.2, 0) is 27.8 Å². The van der Waals surface area contributed by atoms with Gasteiger partial charge in [-0.15, -0.1) is 12.4 Å². The molecular weight excluding hydrogens is 223 g/mol. The summed E-state index contributed by atoms with van der Waals surface area (Å²) in [5.74, 6) is 0. The first kappa shape index (κ1) is 22.4. The number of halogens is 1. The van der Waals surface area contributed by atoms with Gasteiger partial charge in [-0.1, -0.05) is 0 Å². The average molecular weight is 227 g/mol. The Morgan fingerprint density at radius 2 is 1.12 bits per heavy atom. The molecule has 0 bridgehead atoms. The Kier molecular flexibility index (Phi) is 26.2. The van der Waals surface area contributed by atoms with E-state index in [9.17, 15) is 0 Å². The van der Waals surface area contributed by atoms with Gasteiger partial charge in [-0.3, -0.25) is 9.11 Å². The van der Waals surface area contributed by atoms with Crippen LogP contribution in [0, 0.1) is 0 Å². The Bertz CT molecular complexity index is 99.2. The molecule has 0 aliphatic rings. The van der Waals surface area contributed by atoms with Gasteiger partial charge in [-0.05, 0) is 0 Å². The van der Waals surface area contributed by atoms with Crippen LogP contribution < -0.4 is 0 Å². The van der Waals surface area contributed by atoms with Crippen molar-refractivity contribution in [3.05, 3.63) is 0 Å². The van der Waals surface area contributed by atoms with Gasteiger partial charge in [0.15, 0.2) is 0 Å². The fraction of sp³-hybridized carbons (Fsp3) is 0. The van der Waals surface area contributed by atoms with Gasteiger partial charge < -0.3 is 0 Å². The number of hydrogen-bond donors (Lipinski definition) is 2. The summed E-state index contributed by atoms with van der Waals surface area (Å²) in [6.07, 6.45) is 0. The molecule has 0 aromatic rings. The summed E-state index contributed by atoms with van der Waals surface area (Å²) >= 11 is 0. The zero-order valence-corrected chi connectivity index (χ0v) is 5.84. The van der Waals surface area contributed by atoms with Crippen molar-refractivity contribution in [1.29, 1.82) is 0 Å². The van der Waals surface area contributed by atoms with Crippen molar-refractivity contribution in [3.63, 3.8) is 0 Å². The average Bonchev–Trinajstić information content (AvgIpc) is 0.722. The van der Waals surface area contributed by atoms with E-state index in [-0.39, 0.29) is 81.2 Å². The molecule has 0 fully saturated rings. The van der Waals surface area contributed by atoms with Crippen LogP contribution in [0.4, 0.5) is 0 Å². The zero-order chi connectivity index (χ0) is 4.50. The molecule has 0 amide bonds. The van der Waals surface area contributed by atoms with Gasteiger partial charge in [-0.25, -0.2) is 0 Å². The Hall–Kier alpha value is 2.33. The Morgan fingerprint density at radius 1 is 1.12 bits per heavy atom. The van der Waals surface area contributed by atoms with E-state index in [0.29, 0.717) is 0 Å². The fourth-order valence-corrected chi connectivity index (χ4v) is 0. The van der Waals surface area contributed by atoms with Crippen LogP contribution in [0.5, 0.6) is 0 Å². The van der Waals surface area contributed by atoms with E-state index in [0.717, 1.165) is 0 Å². The molecule has 0 spiro atoms. The molecule has 0 heterocycles. The molecular formula is H4ClCrKO4S. The maximum absolute atomic E-state index is 8.74. The molecule has 0 atom stereocenters. The Morgan fingerprint density at radius 3 is 1.12 bits per heavy atom. The molecule has 8 heavy (non-hydrogen) atoms. The van der Waals surface area contributed by atoms with Crippen molar-refractivity contribution in [3.8, 4) is 0 Å². The minimum atomic E-state index is -4.67. The van der Waals surface area contributed by atoms with Gasteiger partial charge in [0.2, 0.25) is 0 Å². The summed E-state index contributed by atoms with van der Waals surface area (Å²) in [4.78, 5) is 0. The molecule has 0 aromatic heterocycles. The minimum absolute atomic E-state index is 0. The van der Waals surface area contributed by atoms with Crippen molar-refractivity contribution in [2.24, 2.45) is 0 Å². The zero-order valence-electron chi connectivity index (χ0n) is 2.94. The quantitative estimate of drug-likeness (QED) is 0.416. The normalized spacial score (nSPS) is 7.25. The van der Waals surface area contributed by atoms with Crippen molar-refractivity contribution in [2.75, 3.05) is 0 Å². The van der Waals surface area contributed by atoms with Gasteiger partial charge in [0.1, 0.15) is 0 Å². The van der Waals surface area contributed by atoms with E-state index in [1.165, 1.54) is 0 Å². The first-order chi connectivity index (χ1) is 2.00. The third-order valence-corrected chi connectivity index (χ3v) is 0. The molecule has 0 aliphatic carbocycles. The Balaban J connectivity index is -0.0000000267. The fourth-order valence-electron chi connectivity index (χ4n) is 0. The van der Waals surface area contributed by atoms with Crippen LogP contribution in [0.15, 0.2) is 0 Å². The van der Waals surface area contributed by atoms with Crippen molar-refractivity contribution >= 4 is 74.2 Å². The molecule has 0 saturated carbocycles. The van der Waals surface area contributed by atoms with E-state index in [1.54, 1.807) is 0 Å². The van der Waals surface area contributed by atoms with Crippen molar-refractivity contribution in [1.82, 2.24) is 0 Å². The molecule has 0 unspecified atom stereocenters. The van der Waals surface area contributed by atoms with Crippen LogP contribution in [0.1, 0.15) is 0 Å². The third kappa shape index (κ3) is 82.5. The van der Waals surface area contributed by atoms with Gasteiger partial charge >= 0.3 is 61.8 Å². The standard InChI is InChI=1S/ClH.Cr.K.H2O4S.H/c;;;1-5(2,3)4;/h1H;;;(H2,1,2,3,4);. The second-order valence-electron chi connectivity index (χ2n) is 0.448. The Labute approximate surface area is 107 Å². The second kappa shape index (κ2) is 9.33. The van der Waals surface area contributed by atoms with E-state index < -0.39 is 10.4 Å². The van der Waals surface area contributed by atoms with Crippen LogP contribution in [-0.4, -0.2) is 68.9 Å². The first-order valence-corrected chi connectivity index (χ1v) is 2.10. The predicted octanol–water partition coefficient (Wildman–Crippen LogP) is -0.882. The monoisotopic (exact) mass is 226 g/mol. The molecule has 4 nitrogen and oxygen atoms in total. The first-order valence-electron chi connectivity index (χ1n) is 0.698. The summed E-state index contributed by atoms with van der Waals surface area (Å²) in [7, 11) is -4.67. The maximum atomic E-state index is 8.74. The molecule has 0 radical (unpaired) electrons. The summed E-state index contributed by atoms with van der Waals surface area (Å²) in [6, 6.07) is 0. The summed E-state index contributed by atoms with van der Waals surface area (Å²) in [6.45, 7) is 0. The summed E-state index contributed by atoms with van der Waals surface area (Å²) in [5.41, 5.74) is 0. The molecule has 0 rings (SSSR count). The van der Waals surface area contributed by atoms with Gasteiger partial charge in [0.05, 0.1) is 0 Å². The SMILES string of the molecule is Cl.O=S(=O)(O)O.[Cr].[KH]. The van der Waals surface area contributed by atoms with Crippen molar-refractivity contribution in [2.45, 2.75) is 0 Å². The summed E-state index contributed by atoms with van der Waals surface area (Å²) in [5, 5.41) is 0. The van der Waals surface area contributed by atoms with Crippen LogP contribution in [0.25, 0.3) is 0 Å². The van der Waals surface area contributed by atoms with Crippen molar-refractivity contribution < 1.29 is 34.9 Å². The number of rotatable bonds is 0. The van der Waals surface area contributed by atoms with Crippen LogP contribution in [0.3, 0.4) is 0 Å². The molecule has 48 valence electrons. The number of hydrogen-bond acceptors (Lipinski definition) is 2. The molecule has 8 heteroatoms. The molecule has 0 aliphatic heterocycles. The van der Waals surface area contributed by atoms with E-state index in [1.807, 2.05) is 0 Å². The molecule has 2 N–H and O–H groups in total. The van der Waals surface area contributed by atoms with Crippen LogP contribution in [0.2, 0.25) is 0 Å². The van der Waals surface area contributed by atoms with Crippen LogP contribution >= 0.6 is 12.4 Å². The molecule has 0 saturated heterocycles. The predicted molar refractivity (Wildman–Crippen MR) is 28.6 cm³/mol. The topological polar surface area (TPSA) is 74.6 Å². The van der Waals surface area contributed by atoms with Gasteiger partial charge in [0.25, 0.3) is 0 Å². The van der Waals surface area contributed by atoms with E-state index in [4.69, 9.17) is 17.5 Å². The summed E-state index contributed by atoms with van der Waals surface area (Å²) < 4.78 is 31.6. The molecule has 0 aromatic carbocycles. The van der Waals surface area contributed by atoms with Gasteiger partial charge in [-0.2, -0.15) is 8.42 Å². The van der Waals surface area contributed by atoms with E-state index in [2.05, 4.69) is 0 Å². The second-order valence-corrected chi connectivity index (χ2v) is 1.34.